The smallest absolute Gasteiger partial charge is 0.220 e. The highest BCUT2D eigenvalue weighted by atomic mass is 16.5. The Morgan fingerprint density at radius 1 is 1.30 bits per heavy atom. The molecular weight excluding hydrogens is 256 g/mol. The predicted molar refractivity (Wildman–Crippen MR) is 75.7 cm³/mol. The Labute approximate surface area is 119 Å². The zero-order valence-electron chi connectivity index (χ0n) is 11.9. The minimum absolute atomic E-state index is 0.0155. The van der Waals surface area contributed by atoms with Crippen molar-refractivity contribution in [1.29, 1.82) is 5.26 Å². The number of nitrogens with one attached hydrogen (secondary N) is 1. The molecule has 0 aromatic heterocycles. The van der Waals surface area contributed by atoms with Crippen LogP contribution in [-0.4, -0.2) is 25.7 Å². The second-order valence-electron chi connectivity index (χ2n) is 4.11. The number of benzene rings is 1. The third-order valence-corrected chi connectivity index (χ3v) is 2.61. The van der Waals surface area contributed by atoms with Gasteiger partial charge in [-0.25, -0.2) is 0 Å². The van der Waals surface area contributed by atoms with E-state index < -0.39 is 0 Å². The monoisotopic (exact) mass is 276 g/mol. The van der Waals surface area contributed by atoms with Gasteiger partial charge in [-0.2, -0.15) is 5.26 Å². The summed E-state index contributed by atoms with van der Waals surface area (Å²) < 4.78 is 10.8. The molecule has 1 aromatic rings. The van der Waals surface area contributed by atoms with Crippen LogP contribution in [0.25, 0.3) is 0 Å². The molecule has 1 amide bonds. The Kier molecular flexibility index (Phi) is 6.97. The molecule has 0 unspecified atom stereocenters. The Morgan fingerprint density at radius 2 is 2.10 bits per heavy atom. The maximum atomic E-state index is 11.4. The van der Waals surface area contributed by atoms with Crippen LogP contribution < -0.4 is 14.8 Å². The molecule has 0 aliphatic rings. The van der Waals surface area contributed by atoms with E-state index in [2.05, 4.69) is 5.32 Å². The molecule has 20 heavy (non-hydrogen) atoms. The zero-order valence-corrected chi connectivity index (χ0v) is 11.9. The molecule has 0 heterocycles. The van der Waals surface area contributed by atoms with Crippen molar-refractivity contribution in [2.45, 2.75) is 26.7 Å². The lowest BCUT2D eigenvalue weighted by Gasteiger charge is -2.11. The summed E-state index contributed by atoms with van der Waals surface area (Å²) >= 11 is 0. The number of hydrogen-bond donors (Lipinski definition) is 1. The summed E-state index contributed by atoms with van der Waals surface area (Å²) in [5.41, 5.74) is 1.00. The minimum Gasteiger partial charge on any atom is -0.490 e. The van der Waals surface area contributed by atoms with E-state index in [1.807, 2.05) is 32.0 Å². The summed E-state index contributed by atoms with van der Waals surface area (Å²) in [6.07, 6.45) is 1.09. The van der Waals surface area contributed by atoms with Crippen LogP contribution >= 0.6 is 0 Å². The number of nitrogens with zero attached hydrogens (tertiary/aromatic N) is 1. The molecule has 1 N–H and O–H groups in total. The molecular formula is C15H20N2O3. The lowest BCUT2D eigenvalue weighted by atomic mass is 10.1. The van der Waals surface area contributed by atoms with Crippen molar-refractivity contribution in [3.63, 3.8) is 0 Å². The van der Waals surface area contributed by atoms with E-state index in [9.17, 15) is 4.79 Å². The van der Waals surface area contributed by atoms with Gasteiger partial charge in [-0.15, -0.1) is 0 Å². The SMILES string of the molecule is CCNC(=O)CCc1ccc(OCC#N)c(OCC)c1. The predicted octanol–water partition coefficient (Wildman–Crippen LogP) is 2.06. The lowest BCUT2D eigenvalue weighted by Crippen LogP contribution is -2.22. The number of nitriles is 1. The van der Waals surface area contributed by atoms with Crippen LogP contribution in [0.4, 0.5) is 0 Å². The van der Waals surface area contributed by atoms with E-state index in [-0.39, 0.29) is 12.5 Å². The second kappa shape index (κ2) is 8.81. The number of rotatable bonds is 8. The maximum absolute atomic E-state index is 11.4. The van der Waals surface area contributed by atoms with Crippen molar-refractivity contribution in [2.24, 2.45) is 0 Å². The molecule has 108 valence electrons. The average Bonchev–Trinajstić information content (AvgIpc) is 2.45. The number of hydrogen-bond acceptors (Lipinski definition) is 4. The standard InChI is InChI=1S/C15H20N2O3/c1-3-17-15(18)8-6-12-5-7-13(20-10-9-16)14(11-12)19-4-2/h5,7,11H,3-4,6,8,10H2,1-2H3,(H,17,18). The Hall–Kier alpha value is -2.22. The highest BCUT2D eigenvalue weighted by Gasteiger charge is 2.08. The van der Waals surface area contributed by atoms with Gasteiger partial charge in [-0.05, 0) is 38.0 Å². The van der Waals surface area contributed by atoms with E-state index in [4.69, 9.17) is 14.7 Å². The van der Waals surface area contributed by atoms with E-state index in [0.717, 1.165) is 5.56 Å². The molecule has 0 bridgehead atoms. The van der Waals surface area contributed by atoms with Gasteiger partial charge in [0.15, 0.2) is 18.1 Å². The first-order valence-corrected chi connectivity index (χ1v) is 6.73. The van der Waals surface area contributed by atoms with Crippen molar-refractivity contribution in [1.82, 2.24) is 5.32 Å². The normalized spacial score (nSPS) is 9.65. The number of carbonyl (C=O) groups is 1. The van der Waals surface area contributed by atoms with Gasteiger partial charge in [0, 0.05) is 13.0 Å². The summed E-state index contributed by atoms with van der Waals surface area (Å²) in [4.78, 5) is 11.4. The van der Waals surface area contributed by atoms with E-state index in [1.54, 1.807) is 6.07 Å². The van der Waals surface area contributed by atoms with Crippen LogP contribution in [0.15, 0.2) is 18.2 Å². The van der Waals surface area contributed by atoms with Gasteiger partial charge in [0.2, 0.25) is 5.91 Å². The molecule has 5 nitrogen and oxygen atoms in total. The van der Waals surface area contributed by atoms with Crippen molar-refractivity contribution in [3.8, 4) is 17.6 Å². The summed E-state index contributed by atoms with van der Waals surface area (Å²) in [7, 11) is 0. The molecule has 5 heteroatoms. The number of carbonyl (C=O) groups excluding carboxylic acids is 1. The minimum atomic E-state index is -0.0155. The van der Waals surface area contributed by atoms with Gasteiger partial charge in [-0.1, -0.05) is 6.07 Å². The van der Waals surface area contributed by atoms with Gasteiger partial charge in [0.1, 0.15) is 6.07 Å². The first-order chi connectivity index (χ1) is 9.71. The van der Waals surface area contributed by atoms with Crippen molar-refractivity contribution >= 4 is 5.91 Å². The fraction of sp³-hybridized carbons (Fsp3) is 0.467. The van der Waals surface area contributed by atoms with E-state index in [1.165, 1.54) is 0 Å². The molecule has 0 aliphatic heterocycles. The highest BCUT2D eigenvalue weighted by molar-refractivity contribution is 5.76. The van der Waals surface area contributed by atoms with Crippen LogP contribution in [0.2, 0.25) is 0 Å². The third-order valence-electron chi connectivity index (χ3n) is 2.61. The average molecular weight is 276 g/mol. The van der Waals surface area contributed by atoms with Crippen molar-refractivity contribution in [3.05, 3.63) is 23.8 Å². The number of amides is 1. The van der Waals surface area contributed by atoms with E-state index in [0.29, 0.717) is 37.5 Å². The second-order valence-corrected chi connectivity index (χ2v) is 4.11. The molecule has 0 aliphatic carbocycles. The van der Waals surface area contributed by atoms with Crippen LogP contribution in [0, 0.1) is 11.3 Å². The first-order valence-electron chi connectivity index (χ1n) is 6.73. The molecule has 1 aromatic carbocycles. The van der Waals surface area contributed by atoms with Crippen LogP contribution in [-0.2, 0) is 11.2 Å². The quantitative estimate of drug-likeness (QED) is 0.789. The third kappa shape index (κ3) is 5.19. The van der Waals surface area contributed by atoms with Crippen molar-refractivity contribution in [2.75, 3.05) is 19.8 Å². The highest BCUT2D eigenvalue weighted by Crippen LogP contribution is 2.28. The Bertz CT molecular complexity index is 480. The molecule has 0 spiro atoms. The molecule has 0 atom stereocenters. The lowest BCUT2D eigenvalue weighted by molar-refractivity contribution is -0.120. The van der Waals surface area contributed by atoms with Gasteiger partial charge in [0.25, 0.3) is 0 Å². The fourth-order valence-electron chi connectivity index (χ4n) is 1.75. The van der Waals surface area contributed by atoms with Crippen LogP contribution in [0.3, 0.4) is 0 Å². The summed E-state index contributed by atoms with van der Waals surface area (Å²) in [5.74, 6) is 1.20. The van der Waals surface area contributed by atoms with Gasteiger partial charge >= 0.3 is 0 Å². The molecule has 0 saturated heterocycles. The zero-order chi connectivity index (χ0) is 14.8. The van der Waals surface area contributed by atoms with Gasteiger partial charge in [-0.3, -0.25) is 4.79 Å². The van der Waals surface area contributed by atoms with Crippen LogP contribution in [0.5, 0.6) is 11.5 Å². The van der Waals surface area contributed by atoms with Gasteiger partial charge < -0.3 is 14.8 Å². The summed E-state index contributed by atoms with van der Waals surface area (Å²) in [6, 6.07) is 7.44. The number of aryl methyl sites for hydroxylation is 1. The van der Waals surface area contributed by atoms with Crippen molar-refractivity contribution < 1.29 is 14.3 Å². The fourth-order valence-corrected chi connectivity index (χ4v) is 1.75. The van der Waals surface area contributed by atoms with Gasteiger partial charge in [0.05, 0.1) is 6.61 Å². The first kappa shape index (κ1) is 15.8. The summed E-state index contributed by atoms with van der Waals surface area (Å²) in [5, 5.41) is 11.3. The topological polar surface area (TPSA) is 71.3 Å². The molecule has 1 rings (SSSR count). The Morgan fingerprint density at radius 3 is 2.75 bits per heavy atom. The maximum Gasteiger partial charge on any atom is 0.220 e. The molecule has 0 fully saturated rings. The largest absolute Gasteiger partial charge is 0.490 e. The molecule has 0 saturated carbocycles. The number of ether oxygens (including phenoxy) is 2. The van der Waals surface area contributed by atoms with Crippen LogP contribution in [0.1, 0.15) is 25.8 Å². The Balaban J connectivity index is 2.71. The summed E-state index contributed by atoms with van der Waals surface area (Å²) in [6.45, 7) is 4.92. The molecule has 0 radical (unpaired) electrons. The van der Waals surface area contributed by atoms with E-state index >= 15 is 0 Å².